The van der Waals surface area contributed by atoms with Gasteiger partial charge in [-0.1, -0.05) is 0 Å². The Kier molecular flexibility index (Phi) is 3.65. The maximum Gasteiger partial charge on any atom is 0.326 e. The summed E-state index contributed by atoms with van der Waals surface area (Å²) in [7, 11) is 0. The van der Waals surface area contributed by atoms with E-state index in [1.807, 2.05) is 0 Å². The Morgan fingerprint density at radius 3 is 2.95 bits per heavy atom. The molecule has 0 bridgehead atoms. The molecule has 3 rings (SSSR count). The molecule has 1 saturated heterocycles. The molecule has 9 heteroatoms. The van der Waals surface area contributed by atoms with Gasteiger partial charge in [-0.05, 0) is 41.1 Å². The number of amides is 1. The number of carbonyl (C=O) groups excluding carboxylic acids is 1. The summed E-state index contributed by atoms with van der Waals surface area (Å²) in [6, 6.07) is 0.989. The van der Waals surface area contributed by atoms with Crippen molar-refractivity contribution >= 4 is 23.2 Å². The Labute approximate surface area is 124 Å². The molecule has 1 amide bonds. The topological polar surface area (TPSA) is 101 Å². The summed E-state index contributed by atoms with van der Waals surface area (Å²) >= 11 is 1.26. The number of rotatable bonds is 3. The van der Waals surface area contributed by atoms with Gasteiger partial charge >= 0.3 is 5.97 Å². The minimum Gasteiger partial charge on any atom is -0.480 e. The van der Waals surface area contributed by atoms with Crippen LogP contribution in [0.3, 0.4) is 0 Å². The van der Waals surface area contributed by atoms with Gasteiger partial charge in [0, 0.05) is 6.54 Å². The average molecular weight is 307 g/mol. The van der Waals surface area contributed by atoms with E-state index in [0.29, 0.717) is 23.5 Å². The van der Waals surface area contributed by atoms with Crippen molar-refractivity contribution in [1.29, 1.82) is 0 Å². The molecule has 2 aromatic rings. The Balaban J connectivity index is 1.92. The van der Waals surface area contributed by atoms with E-state index in [4.69, 9.17) is 0 Å². The number of nitrogens with zero attached hydrogens (tertiary/aromatic N) is 5. The first-order valence-electron chi connectivity index (χ1n) is 6.53. The fourth-order valence-corrected chi connectivity index (χ4v) is 3.31. The highest BCUT2D eigenvalue weighted by Gasteiger charge is 2.34. The standard InChI is InChI=1S/C12H13N5O3S/c18-11(16-5-2-1-3-9(16)12(19)20)10-8(4-6-21-10)17-7-13-14-15-17/h4,6-7,9H,1-3,5H2,(H,19,20)/t9-/m1/s1. The lowest BCUT2D eigenvalue weighted by atomic mass is 10.0. The Morgan fingerprint density at radius 2 is 2.24 bits per heavy atom. The first kappa shape index (κ1) is 13.7. The number of carbonyl (C=O) groups is 2. The number of aliphatic carboxylic acids is 1. The first-order valence-corrected chi connectivity index (χ1v) is 7.41. The number of piperidine rings is 1. The lowest BCUT2D eigenvalue weighted by molar-refractivity contribution is -0.143. The quantitative estimate of drug-likeness (QED) is 0.900. The van der Waals surface area contributed by atoms with Gasteiger partial charge in [0.25, 0.3) is 5.91 Å². The highest BCUT2D eigenvalue weighted by Crippen LogP contribution is 2.26. The van der Waals surface area contributed by atoms with Crippen molar-refractivity contribution in [3.63, 3.8) is 0 Å². The summed E-state index contributed by atoms with van der Waals surface area (Å²) in [5, 5.41) is 21.9. The molecule has 0 unspecified atom stereocenters. The molecular weight excluding hydrogens is 294 g/mol. The van der Waals surface area contributed by atoms with Gasteiger partial charge in [-0.25, -0.2) is 4.79 Å². The van der Waals surface area contributed by atoms with Crippen LogP contribution in [-0.4, -0.2) is 54.7 Å². The van der Waals surface area contributed by atoms with Gasteiger partial charge in [0.1, 0.15) is 17.2 Å². The molecule has 2 aromatic heterocycles. The third-order valence-electron chi connectivity index (χ3n) is 3.48. The fourth-order valence-electron chi connectivity index (χ4n) is 2.48. The molecule has 0 spiro atoms. The minimum atomic E-state index is -0.955. The van der Waals surface area contributed by atoms with Gasteiger partial charge in [0.2, 0.25) is 0 Å². The highest BCUT2D eigenvalue weighted by molar-refractivity contribution is 7.12. The zero-order valence-electron chi connectivity index (χ0n) is 11.0. The second-order valence-electron chi connectivity index (χ2n) is 4.74. The van der Waals surface area contributed by atoms with Crippen molar-refractivity contribution in [2.24, 2.45) is 0 Å². The van der Waals surface area contributed by atoms with Crippen LogP contribution < -0.4 is 0 Å². The van der Waals surface area contributed by atoms with Crippen molar-refractivity contribution in [2.75, 3.05) is 6.54 Å². The third-order valence-corrected chi connectivity index (χ3v) is 4.37. The van der Waals surface area contributed by atoms with Gasteiger partial charge in [-0.15, -0.1) is 16.4 Å². The second kappa shape index (κ2) is 5.60. The summed E-state index contributed by atoms with van der Waals surface area (Å²) in [6.07, 6.45) is 3.54. The van der Waals surface area contributed by atoms with Crippen LogP contribution in [0.2, 0.25) is 0 Å². The molecule has 1 aliphatic rings. The smallest absolute Gasteiger partial charge is 0.326 e. The average Bonchev–Trinajstić information content (AvgIpc) is 3.16. The summed E-state index contributed by atoms with van der Waals surface area (Å²) in [5.74, 6) is -1.23. The largest absolute Gasteiger partial charge is 0.480 e. The highest BCUT2D eigenvalue weighted by atomic mass is 32.1. The third kappa shape index (κ3) is 2.51. The zero-order chi connectivity index (χ0) is 14.8. The zero-order valence-corrected chi connectivity index (χ0v) is 11.9. The van der Waals surface area contributed by atoms with E-state index in [1.54, 1.807) is 11.4 Å². The van der Waals surface area contributed by atoms with Crippen LogP contribution in [0.1, 0.15) is 28.9 Å². The van der Waals surface area contributed by atoms with Gasteiger partial charge in [0.05, 0.1) is 5.69 Å². The SMILES string of the molecule is O=C(O)[C@H]1CCCCN1C(=O)c1sccc1-n1cnnn1. The van der Waals surface area contributed by atoms with Gasteiger partial charge in [-0.2, -0.15) is 4.68 Å². The van der Waals surface area contributed by atoms with Crippen molar-refractivity contribution in [3.05, 3.63) is 22.7 Å². The van der Waals surface area contributed by atoms with E-state index < -0.39 is 12.0 Å². The molecule has 8 nitrogen and oxygen atoms in total. The Hall–Kier alpha value is -2.29. The molecule has 110 valence electrons. The van der Waals surface area contributed by atoms with Gasteiger partial charge < -0.3 is 10.0 Å². The van der Waals surface area contributed by atoms with Crippen LogP contribution in [-0.2, 0) is 4.79 Å². The van der Waals surface area contributed by atoms with E-state index >= 15 is 0 Å². The van der Waals surface area contributed by atoms with E-state index in [0.717, 1.165) is 12.8 Å². The lowest BCUT2D eigenvalue weighted by Gasteiger charge is -2.32. The summed E-state index contributed by atoms with van der Waals surface area (Å²) < 4.78 is 1.41. The molecule has 0 saturated carbocycles. The molecule has 0 radical (unpaired) electrons. The number of hydrogen-bond acceptors (Lipinski definition) is 6. The molecule has 1 atom stereocenters. The molecule has 0 aromatic carbocycles. The maximum atomic E-state index is 12.7. The summed E-state index contributed by atoms with van der Waals surface area (Å²) in [5.41, 5.74) is 0.574. The summed E-state index contributed by atoms with van der Waals surface area (Å²) in [4.78, 5) is 25.9. The van der Waals surface area contributed by atoms with Crippen LogP contribution in [0, 0.1) is 0 Å². The molecule has 1 aliphatic heterocycles. The van der Waals surface area contributed by atoms with Crippen molar-refractivity contribution < 1.29 is 14.7 Å². The number of aromatic nitrogens is 4. The van der Waals surface area contributed by atoms with Crippen LogP contribution in [0.5, 0.6) is 0 Å². The van der Waals surface area contributed by atoms with E-state index in [9.17, 15) is 14.7 Å². The van der Waals surface area contributed by atoms with E-state index in [1.165, 1.54) is 27.2 Å². The van der Waals surface area contributed by atoms with E-state index in [-0.39, 0.29) is 5.91 Å². The first-order chi connectivity index (χ1) is 10.2. The maximum absolute atomic E-state index is 12.7. The molecule has 1 N–H and O–H groups in total. The molecule has 3 heterocycles. The number of carboxylic acid groups (broad SMARTS) is 1. The van der Waals surface area contributed by atoms with Gasteiger partial charge in [0.15, 0.2) is 0 Å². The van der Waals surface area contributed by atoms with Crippen molar-refractivity contribution in [3.8, 4) is 5.69 Å². The van der Waals surface area contributed by atoms with Crippen LogP contribution >= 0.6 is 11.3 Å². The predicted octanol–water partition coefficient (Wildman–Crippen LogP) is 0.803. The van der Waals surface area contributed by atoms with Crippen LogP contribution in [0.15, 0.2) is 17.8 Å². The van der Waals surface area contributed by atoms with Gasteiger partial charge in [-0.3, -0.25) is 4.79 Å². The number of tetrazole rings is 1. The Morgan fingerprint density at radius 1 is 1.38 bits per heavy atom. The number of carboxylic acids is 1. The normalized spacial score (nSPS) is 18.7. The van der Waals surface area contributed by atoms with E-state index in [2.05, 4.69) is 15.5 Å². The second-order valence-corrected chi connectivity index (χ2v) is 5.65. The Bertz CT molecular complexity index is 654. The number of thiophene rings is 1. The molecule has 21 heavy (non-hydrogen) atoms. The summed E-state index contributed by atoms with van der Waals surface area (Å²) in [6.45, 7) is 0.461. The lowest BCUT2D eigenvalue weighted by Crippen LogP contribution is -2.47. The predicted molar refractivity (Wildman–Crippen MR) is 73.3 cm³/mol. The number of hydrogen-bond donors (Lipinski definition) is 1. The molecule has 0 aliphatic carbocycles. The molecule has 1 fully saturated rings. The van der Waals surface area contributed by atoms with Crippen LogP contribution in [0.25, 0.3) is 5.69 Å². The number of likely N-dealkylation sites (tertiary alicyclic amines) is 1. The van der Waals surface area contributed by atoms with Crippen molar-refractivity contribution in [1.82, 2.24) is 25.1 Å². The molecular formula is C12H13N5O3S. The monoisotopic (exact) mass is 307 g/mol. The van der Waals surface area contributed by atoms with Crippen LogP contribution in [0.4, 0.5) is 0 Å². The fraction of sp³-hybridized carbons (Fsp3) is 0.417. The minimum absolute atomic E-state index is 0.275. The van der Waals surface area contributed by atoms with Crippen molar-refractivity contribution in [2.45, 2.75) is 25.3 Å².